The van der Waals surface area contributed by atoms with Gasteiger partial charge in [-0.05, 0) is 49.4 Å². The molecule has 0 saturated heterocycles. The Labute approximate surface area is 307 Å². The van der Waals surface area contributed by atoms with Crippen molar-refractivity contribution in [2.75, 3.05) is 26.4 Å². The fourth-order valence-corrected chi connectivity index (χ4v) is 7.45. The van der Waals surface area contributed by atoms with Crippen LogP contribution < -0.4 is 0 Å². The van der Waals surface area contributed by atoms with Gasteiger partial charge in [-0.2, -0.15) is 0 Å². The molecule has 0 rings (SSSR count). The predicted molar refractivity (Wildman–Crippen MR) is 206 cm³/mol. The first-order chi connectivity index (χ1) is 19.7. The molecule has 0 bridgehead atoms. The van der Waals surface area contributed by atoms with Crippen LogP contribution >= 0.6 is 11.4 Å². The summed E-state index contributed by atoms with van der Waals surface area (Å²) in [5.74, 6) is 3.15. The molecule has 0 aliphatic carbocycles. The summed E-state index contributed by atoms with van der Waals surface area (Å²) in [6.45, 7) is 20.7. The van der Waals surface area contributed by atoms with Crippen molar-refractivity contribution in [3.05, 3.63) is 0 Å². The van der Waals surface area contributed by atoms with Gasteiger partial charge < -0.3 is 42.6 Å². The Hall–Kier alpha value is 2.64. The summed E-state index contributed by atoms with van der Waals surface area (Å²) in [6, 6.07) is 0. The number of hydrogen-bond acceptors (Lipinski definition) is 8. The van der Waals surface area contributed by atoms with Crippen LogP contribution in [0.2, 0.25) is 0 Å². The third-order valence-corrected chi connectivity index (χ3v) is 11.2. The smallest absolute Gasteiger partial charge is 0.691 e. The van der Waals surface area contributed by atoms with E-state index in [1.165, 1.54) is 77.0 Å². The zero-order chi connectivity index (χ0) is 32.3. The van der Waals surface area contributed by atoms with E-state index in [-0.39, 0.29) is 23.9 Å². The first-order valence-electron chi connectivity index (χ1n) is 16.9. The summed E-state index contributed by atoms with van der Waals surface area (Å²) in [6.07, 6.45) is 19.1. The molecule has 43 heavy (non-hydrogen) atoms. The fourth-order valence-electron chi connectivity index (χ4n) is 4.11. The molecule has 0 aromatic carbocycles. The van der Waals surface area contributed by atoms with Crippen molar-refractivity contribution in [1.82, 2.24) is 0 Å². The number of rotatable bonds is 28. The molecule has 0 spiro atoms. The van der Waals surface area contributed by atoms with Crippen LogP contribution in [0.4, 0.5) is 0 Å². The summed E-state index contributed by atoms with van der Waals surface area (Å²) in [7, 11) is 0. The molecule has 0 N–H and O–H groups in total. The van der Waals surface area contributed by atoms with Gasteiger partial charge in [0, 0.05) is 0 Å². The largest absolute Gasteiger partial charge is 2.00 e. The summed E-state index contributed by atoms with van der Waals surface area (Å²) < 4.78 is 22.4. The average Bonchev–Trinajstić information content (AvgIpc) is 2.87. The van der Waals surface area contributed by atoms with Gasteiger partial charge >= 0.3 is 23.9 Å². The summed E-state index contributed by atoms with van der Waals surface area (Å²) in [5, 5.41) is 0. The Balaban J connectivity index is -0.000000727. The van der Waals surface area contributed by atoms with Crippen molar-refractivity contribution in [3.8, 4) is 0 Å². The van der Waals surface area contributed by atoms with Crippen molar-refractivity contribution >= 4 is 83.4 Å². The van der Waals surface area contributed by atoms with Crippen LogP contribution in [0, 0.1) is 23.7 Å². The van der Waals surface area contributed by atoms with Crippen molar-refractivity contribution in [2.45, 2.75) is 158 Å². The van der Waals surface area contributed by atoms with Crippen LogP contribution in [-0.4, -0.2) is 50.3 Å². The Kier molecular flexibility index (Phi) is 38.6. The fraction of sp³-hybridized carbons (Fsp3) is 1.00. The minimum atomic E-state index is -2.41. The molecule has 0 heterocycles. The van der Waals surface area contributed by atoms with Crippen molar-refractivity contribution in [1.29, 1.82) is 0 Å². The van der Waals surface area contributed by atoms with Gasteiger partial charge in [0.15, 0.2) is 0 Å². The van der Waals surface area contributed by atoms with E-state index in [9.17, 15) is 0 Å². The first kappa shape index (κ1) is 50.0. The zero-order valence-corrected chi connectivity index (χ0v) is 37.0. The van der Waals surface area contributed by atoms with Crippen LogP contribution in [0.25, 0.3) is 0 Å². The van der Waals surface area contributed by atoms with E-state index in [1.54, 1.807) is 0 Å². The van der Waals surface area contributed by atoms with Gasteiger partial charge in [0.1, 0.15) is 0 Å². The van der Waals surface area contributed by atoms with E-state index in [4.69, 9.17) is 66.2 Å². The number of unbranched alkanes of at least 4 members (excludes halogenated alkanes) is 8. The average molecular weight is 826 g/mol. The normalized spacial score (nSPS) is 12.2. The number of hydrogen-bond donors (Lipinski definition) is 0. The van der Waals surface area contributed by atoms with Gasteiger partial charge in [0.2, 0.25) is 0 Å². The molecule has 0 atom stereocenters. The quantitative estimate of drug-likeness (QED) is 0.0334. The van der Waals surface area contributed by atoms with E-state index in [1.807, 2.05) is 0 Å². The van der Waals surface area contributed by atoms with E-state index >= 15 is 0 Å². The molecule has 4 nitrogen and oxygen atoms in total. The van der Waals surface area contributed by atoms with E-state index in [0.717, 1.165) is 49.4 Å². The van der Waals surface area contributed by atoms with Crippen LogP contribution in [0.5, 0.6) is 0 Å². The second-order valence-corrected chi connectivity index (χ2v) is 23.2. The SMILES string of the molecule is CC(C)CCCCCOP(=S)([S-])OCCCCCC(C)C.CC(C)CCCCCOP(=S)([S-])OCCCCCC(C)C.[Sn+2]. The minimum absolute atomic E-state index is 0. The Bertz CT molecular complexity index is 582. The van der Waals surface area contributed by atoms with Crippen LogP contribution in [0.3, 0.4) is 0 Å². The zero-order valence-electron chi connectivity index (χ0n) is 29.1. The van der Waals surface area contributed by atoms with Gasteiger partial charge in [-0.25, -0.2) is 0 Å². The Morgan fingerprint density at radius 3 is 0.744 bits per heavy atom. The molecule has 0 aliphatic heterocycles. The van der Waals surface area contributed by atoms with Crippen molar-refractivity contribution in [3.63, 3.8) is 0 Å². The minimum Gasteiger partial charge on any atom is -0.691 e. The molecule has 0 saturated carbocycles. The first-order valence-corrected chi connectivity index (χ1v) is 24.2. The third kappa shape index (κ3) is 44.6. The summed E-state index contributed by atoms with van der Waals surface area (Å²) in [4.78, 5) is 0. The van der Waals surface area contributed by atoms with Crippen LogP contribution in [0.15, 0.2) is 0 Å². The monoisotopic (exact) mass is 826 g/mol. The van der Waals surface area contributed by atoms with Gasteiger partial charge in [-0.15, -0.1) is 0 Å². The molecular weight excluding hydrogens is 757 g/mol. The Morgan fingerprint density at radius 1 is 0.395 bits per heavy atom. The van der Waals surface area contributed by atoms with Crippen LogP contribution in [0.1, 0.15) is 158 Å². The topological polar surface area (TPSA) is 36.9 Å². The summed E-state index contributed by atoms with van der Waals surface area (Å²) >= 11 is 21.1. The molecule has 11 heteroatoms. The maximum Gasteiger partial charge on any atom is 2.00 e. The predicted octanol–water partition coefficient (Wildman–Crippen LogP) is 12.1. The molecule has 0 aromatic rings. The van der Waals surface area contributed by atoms with E-state index < -0.39 is 11.4 Å². The second-order valence-electron chi connectivity index (χ2n) is 13.2. The van der Waals surface area contributed by atoms with Gasteiger partial charge in [-0.3, -0.25) is 0 Å². The molecule has 0 unspecified atom stereocenters. The molecule has 2 radical (unpaired) electrons. The summed E-state index contributed by atoms with van der Waals surface area (Å²) in [5.41, 5.74) is -4.82. The second kappa shape index (κ2) is 33.2. The van der Waals surface area contributed by atoms with Crippen molar-refractivity contribution in [2.24, 2.45) is 23.7 Å². The van der Waals surface area contributed by atoms with Crippen molar-refractivity contribution < 1.29 is 18.1 Å². The van der Waals surface area contributed by atoms with Crippen LogP contribution in [-0.2, 0) is 66.2 Å². The van der Waals surface area contributed by atoms with E-state index in [0.29, 0.717) is 26.4 Å². The van der Waals surface area contributed by atoms with E-state index in [2.05, 4.69) is 55.4 Å². The van der Waals surface area contributed by atoms with Gasteiger partial charge in [0.05, 0.1) is 37.8 Å². The molecular formula is C32H68O4P2S4Sn. The maximum atomic E-state index is 5.60. The molecule has 0 aliphatic rings. The molecule has 0 aromatic heterocycles. The molecule has 0 fully saturated rings. The molecule has 258 valence electrons. The van der Waals surface area contributed by atoms with Gasteiger partial charge in [-0.1, -0.05) is 156 Å². The molecule has 0 amide bonds. The Morgan fingerprint density at radius 2 is 0.581 bits per heavy atom. The third-order valence-electron chi connectivity index (χ3n) is 6.70. The standard InChI is InChI=1S/2C16H35O2PS2.Sn/c2*1-15(2)11-7-5-9-13-17-19(20,21)18-14-10-6-8-12-16(3)4;/h2*15-16H,5-14H2,1-4H3,(H,20,21);/q;;+2/p-2. The van der Waals surface area contributed by atoms with Gasteiger partial charge in [0.25, 0.3) is 0 Å². The maximum absolute atomic E-state index is 5.60.